The zero-order valence-electron chi connectivity index (χ0n) is 12.9. The van der Waals surface area contributed by atoms with Crippen molar-refractivity contribution < 1.29 is 4.79 Å². The predicted molar refractivity (Wildman–Crippen MR) is 87.3 cm³/mol. The Hall–Kier alpha value is -2.43. The maximum atomic E-state index is 11.7. The third kappa shape index (κ3) is 3.08. The molecule has 0 saturated heterocycles. The number of aromatic nitrogens is 2. The highest BCUT2D eigenvalue weighted by Gasteiger charge is 2.21. The molecule has 5 nitrogen and oxygen atoms in total. The van der Waals surface area contributed by atoms with Gasteiger partial charge >= 0.3 is 0 Å². The van der Waals surface area contributed by atoms with Gasteiger partial charge in [0.05, 0.1) is 0 Å². The van der Waals surface area contributed by atoms with Crippen LogP contribution in [-0.2, 0) is 11.2 Å². The van der Waals surface area contributed by atoms with Crippen molar-refractivity contribution in [2.24, 2.45) is 5.92 Å². The second-order valence-electron chi connectivity index (χ2n) is 5.95. The zero-order valence-corrected chi connectivity index (χ0v) is 12.9. The number of hydrogen-bond donors (Lipinski definition) is 1. The van der Waals surface area contributed by atoms with E-state index in [2.05, 4.69) is 38.6 Å². The van der Waals surface area contributed by atoms with E-state index in [0.717, 1.165) is 18.8 Å². The van der Waals surface area contributed by atoms with Crippen LogP contribution in [0.15, 0.2) is 36.4 Å². The molecule has 0 radical (unpaired) electrons. The van der Waals surface area contributed by atoms with E-state index in [4.69, 9.17) is 0 Å². The Morgan fingerprint density at radius 2 is 2.05 bits per heavy atom. The molecule has 114 valence electrons. The first-order valence-corrected chi connectivity index (χ1v) is 7.62. The van der Waals surface area contributed by atoms with Crippen LogP contribution in [0, 0.1) is 5.92 Å². The lowest BCUT2D eigenvalue weighted by atomic mass is 10.1. The van der Waals surface area contributed by atoms with Crippen LogP contribution in [-0.4, -0.2) is 22.6 Å². The molecule has 0 saturated carbocycles. The molecule has 22 heavy (non-hydrogen) atoms. The Morgan fingerprint density at radius 1 is 1.23 bits per heavy atom. The number of benzene rings is 1. The van der Waals surface area contributed by atoms with Crippen molar-refractivity contribution in [1.29, 1.82) is 0 Å². The van der Waals surface area contributed by atoms with Gasteiger partial charge < -0.3 is 10.2 Å². The standard InChI is InChI=1S/C17H20N4O/c1-12(2)11-17(22)18-15-7-8-16(20-19-15)21-10-9-13-5-3-4-6-14(13)21/h3-8,12H,9-11H2,1-2H3,(H,18,19,22). The number of para-hydroxylation sites is 1. The molecule has 1 aliphatic rings. The largest absolute Gasteiger partial charge is 0.324 e. The molecule has 0 fully saturated rings. The van der Waals surface area contributed by atoms with Gasteiger partial charge in [-0.05, 0) is 36.1 Å². The van der Waals surface area contributed by atoms with E-state index in [9.17, 15) is 4.79 Å². The van der Waals surface area contributed by atoms with Crippen LogP contribution in [0.5, 0.6) is 0 Å². The monoisotopic (exact) mass is 296 g/mol. The molecule has 1 aromatic carbocycles. The summed E-state index contributed by atoms with van der Waals surface area (Å²) in [6, 6.07) is 12.0. The summed E-state index contributed by atoms with van der Waals surface area (Å²) in [5.41, 5.74) is 2.52. The van der Waals surface area contributed by atoms with Crippen LogP contribution < -0.4 is 10.2 Å². The lowest BCUT2D eigenvalue weighted by molar-refractivity contribution is -0.116. The third-order valence-electron chi connectivity index (χ3n) is 3.68. The molecule has 0 spiro atoms. The number of carbonyl (C=O) groups excluding carboxylic acids is 1. The van der Waals surface area contributed by atoms with Gasteiger partial charge in [-0.1, -0.05) is 32.0 Å². The Balaban J connectivity index is 1.72. The first kappa shape index (κ1) is 14.5. The molecule has 2 heterocycles. The molecule has 1 aromatic heterocycles. The first-order chi connectivity index (χ1) is 10.6. The molecule has 1 amide bonds. The third-order valence-corrected chi connectivity index (χ3v) is 3.68. The smallest absolute Gasteiger partial charge is 0.225 e. The first-order valence-electron chi connectivity index (χ1n) is 7.62. The van der Waals surface area contributed by atoms with Crippen LogP contribution in [0.1, 0.15) is 25.8 Å². The SMILES string of the molecule is CC(C)CC(=O)Nc1ccc(N2CCc3ccccc32)nn1. The summed E-state index contributed by atoms with van der Waals surface area (Å²) < 4.78 is 0. The van der Waals surface area contributed by atoms with E-state index in [-0.39, 0.29) is 5.91 Å². The molecular formula is C17H20N4O. The molecule has 3 rings (SSSR count). The molecule has 0 bridgehead atoms. The minimum atomic E-state index is -0.0245. The van der Waals surface area contributed by atoms with Gasteiger partial charge in [-0.15, -0.1) is 10.2 Å². The second kappa shape index (κ2) is 6.13. The molecule has 1 N–H and O–H groups in total. The molecule has 5 heteroatoms. The van der Waals surface area contributed by atoms with Gasteiger partial charge in [0.1, 0.15) is 0 Å². The summed E-state index contributed by atoms with van der Waals surface area (Å²) in [6.45, 7) is 4.94. The van der Waals surface area contributed by atoms with Gasteiger partial charge in [-0.2, -0.15) is 0 Å². The highest BCUT2D eigenvalue weighted by molar-refractivity contribution is 5.89. The molecule has 0 atom stereocenters. The van der Waals surface area contributed by atoms with Gasteiger partial charge in [0.2, 0.25) is 5.91 Å². The van der Waals surface area contributed by atoms with E-state index in [1.807, 2.05) is 32.0 Å². The summed E-state index contributed by atoms with van der Waals surface area (Å²) in [5.74, 6) is 1.62. The summed E-state index contributed by atoms with van der Waals surface area (Å²) in [6.07, 6.45) is 1.51. The van der Waals surface area contributed by atoms with Crippen molar-refractivity contribution in [2.45, 2.75) is 26.7 Å². The van der Waals surface area contributed by atoms with Gasteiger partial charge in [-0.25, -0.2) is 0 Å². The zero-order chi connectivity index (χ0) is 15.5. The highest BCUT2D eigenvalue weighted by Crippen LogP contribution is 2.32. The van der Waals surface area contributed by atoms with E-state index in [1.54, 1.807) is 0 Å². The van der Waals surface area contributed by atoms with Crippen molar-refractivity contribution in [3.8, 4) is 0 Å². The predicted octanol–water partition coefficient (Wildman–Crippen LogP) is 3.16. The number of carbonyl (C=O) groups is 1. The van der Waals surface area contributed by atoms with Crippen LogP contribution in [0.4, 0.5) is 17.3 Å². The fourth-order valence-electron chi connectivity index (χ4n) is 2.68. The van der Waals surface area contributed by atoms with Crippen molar-refractivity contribution in [3.05, 3.63) is 42.0 Å². The van der Waals surface area contributed by atoms with Crippen LogP contribution in [0.3, 0.4) is 0 Å². The van der Waals surface area contributed by atoms with E-state index < -0.39 is 0 Å². The number of fused-ring (bicyclic) bond motifs is 1. The lowest BCUT2D eigenvalue weighted by Gasteiger charge is -2.17. The molecule has 1 aliphatic heterocycles. The van der Waals surface area contributed by atoms with Gasteiger partial charge in [-0.3, -0.25) is 4.79 Å². The summed E-state index contributed by atoms with van der Waals surface area (Å²) in [5, 5.41) is 11.2. The Kier molecular flexibility index (Phi) is 4.04. The summed E-state index contributed by atoms with van der Waals surface area (Å²) in [7, 11) is 0. The van der Waals surface area contributed by atoms with Crippen molar-refractivity contribution >= 4 is 23.2 Å². The topological polar surface area (TPSA) is 58.1 Å². The Labute approximate surface area is 130 Å². The van der Waals surface area contributed by atoms with Crippen LogP contribution in [0.25, 0.3) is 0 Å². The van der Waals surface area contributed by atoms with Crippen LogP contribution >= 0.6 is 0 Å². The Morgan fingerprint density at radius 3 is 2.77 bits per heavy atom. The summed E-state index contributed by atoms with van der Waals surface area (Å²) in [4.78, 5) is 13.9. The normalized spacial score (nSPS) is 13.3. The number of nitrogens with zero attached hydrogens (tertiary/aromatic N) is 3. The molecule has 2 aromatic rings. The van der Waals surface area contributed by atoms with Crippen molar-refractivity contribution in [1.82, 2.24) is 10.2 Å². The number of anilines is 3. The number of amides is 1. The minimum Gasteiger partial charge on any atom is -0.324 e. The Bertz CT molecular complexity index is 667. The van der Waals surface area contributed by atoms with Gasteiger partial charge in [0.15, 0.2) is 11.6 Å². The second-order valence-corrected chi connectivity index (χ2v) is 5.95. The highest BCUT2D eigenvalue weighted by atomic mass is 16.1. The summed E-state index contributed by atoms with van der Waals surface area (Å²) >= 11 is 0. The molecular weight excluding hydrogens is 276 g/mol. The number of nitrogens with one attached hydrogen (secondary N) is 1. The van der Waals surface area contributed by atoms with E-state index in [0.29, 0.717) is 18.2 Å². The fraction of sp³-hybridized carbons (Fsp3) is 0.353. The van der Waals surface area contributed by atoms with E-state index >= 15 is 0 Å². The fourth-order valence-corrected chi connectivity index (χ4v) is 2.68. The molecule has 0 aliphatic carbocycles. The number of rotatable bonds is 4. The average molecular weight is 296 g/mol. The number of hydrogen-bond acceptors (Lipinski definition) is 4. The maximum Gasteiger partial charge on any atom is 0.225 e. The van der Waals surface area contributed by atoms with E-state index in [1.165, 1.54) is 11.3 Å². The lowest BCUT2D eigenvalue weighted by Crippen LogP contribution is -2.17. The minimum absolute atomic E-state index is 0.0245. The van der Waals surface area contributed by atoms with Crippen molar-refractivity contribution in [2.75, 3.05) is 16.8 Å². The van der Waals surface area contributed by atoms with Gasteiger partial charge in [0.25, 0.3) is 0 Å². The average Bonchev–Trinajstić information content (AvgIpc) is 2.91. The van der Waals surface area contributed by atoms with Crippen molar-refractivity contribution in [3.63, 3.8) is 0 Å². The quantitative estimate of drug-likeness (QED) is 0.941. The van der Waals surface area contributed by atoms with Gasteiger partial charge in [0, 0.05) is 18.7 Å². The maximum absolute atomic E-state index is 11.7. The van der Waals surface area contributed by atoms with Crippen LogP contribution in [0.2, 0.25) is 0 Å². The molecule has 0 unspecified atom stereocenters.